The SMILES string of the molecule is C=C1CC[C@@H]2C(C1)c1c(OC(=O)c3ccc4ccccc4c3)cc(CCCCC)cc1OC2(C)C.CCCCCc1cc(O)c2c(c1)OC(C)(C)c1ccc(C)cc1-2.CCCCCc1cc(OC(=O)c2ccc3ccccc3c2)c2c(c1)OC(C)(C)[C@@H]1CCC(C)=CC21.CCCCCc1cc(OC(=O)c2ccc3ccccc3c2)c2c(c1)OC(C)(C)c1ccc(C)cc1-2. The molecule has 12 aromatic rings. The normalized spacial score (nSPS) is 17.6. The van der Waals surface area contributed by atoms with Crippen LogP contribution in [0.1, 0.15) is 298 Å². The fourth-order valence-corrected chi connectivity index (χ4v) is 20.3. The molecule has 664 valence electrons. The van der Waals surface area contributed by atoms with Gasteiger partial charge in [0.1, 0.15) is 68.4 Å². The van der Waals surface area contributed by atoms with Crippen molar-refractivity contribution in [3.8, 4) is 68.2 Å². The standard InChI is InChI=1S/2C32H36O3.C32H32O3.C21H26O2/c3*1-5-6-7-10-22-18-28(34-31(33)25-15-14-23-11-8-9-12-24(23)20-25)30-26-17-21(2)13-16-27(26)32(3,4)35-29(30)19-22;1-5-6-7-8-15-12-18(22)20-16-11-14(2)9-10-17(16)21(3,4)23-19(20)13-15/h8-9,11-12,14-15,17-20,26-27H,5-7,10,13,16H2,1-4H3;8-9,11-12,14-15,18-20,26-27H,2,5-7,10,13,16-17H2,1,3-4H3;8-9,11-20H,5-7,10H2,1-4H3;9-13,22H,5-8H2,1-4H3/t2*26?,27-;;/m11../s1. The van der Waals surface area contributed by atoms with Crippen LogP contribution in [0.2, 0.25) is 0 Å². The molecule has 11 heteroatoms. The number of unbranched alkanes of at least 4 members (excludes halogenated alkanes) is 8. The Morgan fingerprint density at radius 1 is 0.391 bits per heavy atom. The number of carbonyl (C=O) groups is 3. The van der Waals surface area contributed by atoms with E-state index in [-0.39, 0.29) is 46.5 Å². The first kappa shape index (κ1) is 91.1. The lowest BCUT2D eigenvalue weighted by Gasteiger charge is -2.48. The molecule has 6 aliphatic rings. The number of aryl methyl sites for hydroxylation is 6. The number of benzene rings is 12. The molecule has 4 atom stereocenters. The average Bonchev–Trinajstić information content (AvgIpc) is 0.754. The maximum absolute atomic E-state index is 13.4. The van der Waals surface area contributed by atoms with Crippen molar-refractivity contribution >= 4 is 50.2 Å². The summed E-state index contributed by atoms with van der Waals surface area (Å²) in [7, 11) is 0. The summed E-state index contributed by atoms with van der Waals surface area (Å²) in [5.41, 5.74) is 18.1. The molecule has 2 unspecified atom stereocenters. The van der Waals surface area contributed by atoms with E-state index in [4.69, 9.17) is 33.2 Å². The molecular weight excluding hydrogens is 1580 g/mol. The van der Waals surface area contributed by atoms with E-state index in [0.29, 0.717) is 51.5 Å². The van der Waals surface area contributed by atoms with Crippen molar-refractivity contribution < 1.29 is 52.6 Å². The van der Waals surface area contributed by atoms with E-state index >= 15 is 0 Å². The molecule has 18 rings (SSSR count). The lowest BCUT2D eigenvalue weighted by molar-refractivity contribution is -0.000970. The Balaban J connectivity index is 0.000000133. The van der Waals surface area contributed by atoms with Gasteiger partial charge in [0.15, 0.2) is 0 Å². The van der Waals surface area contributed by atoms with Crippen molar-refractivity contribution in [3.05, 3.63) is 308 Å². The Morgan fingerprint density at radius 3 is 1.22 bits per heavy atom. The molecule has 0 bridgehead atoms. The lowest BCUT2D eigenvalue weighted by atomic mass is 9.65. The van der Waals surface area contributed by atoms with E-state index in [1.807, 2.05) is 127 Å². The van der Waals surface area contributed by atoms with Crippen LogP contribution in [0, 0.1) is 25.7 Å². The smallest absolute Gasteiger partial charge is 0.343 e. The minimum Gasteiger partial charge on any atom is -0.507 e. The molecule has 0 amide bonds. The minimum absolute atomic E-state index is 0.187. The monoisotopic (exact) mass is 1710 g/mol. The molecule has 0 saturated heterocycles. The molecule has 128 heavy (non-hydrogen) atoms. The highest BCUT2D eigenvalue weighted by molar-refractivity contribution is 6.00. The van der Waals surface area contributed by atoms with E-state index in [2.05, 4.69) is 201 Å². The van der Waals surface area contributed by atoms with Crippen LogP contribution in [0.25, 0.3) is 54.6 Å². The van der Waals surface area contributed by atoms with Gasteiger partial charge in [0, 0.05) is 45.9 Å². The second kappa shape index (κ2) is 39.1. The van der Waals surface area contributed by atoms with E-state index in [0.717, 1.165) is 213 Å². The van der Waals surface area contributed by atoms with Gasteiger partial charge < -0.3 is 38.3 Å². The highest BCUT2D eigenvalue weighted by Crippen LogP contribution is 2.58. The van der Waals surface area contributed by atoms with Crippen LogP contribution in [-0.2, 0) is 36.9 Å². The van der Waals surface area contributed by atoms with Crippen LogP contribution >= 0.6 is 0 Å². The molecule has 0 aromatic heterocycles. The maximum Gasteiger partial charge on any atom is 0.343 e. The predicted octanol–water partition coefficient (Wildman–Crippen LogP) is 30.9. The van der Waals surface area contributed by atoms with E-state index in [1.54, 1.807) is 0 Å². The van der Waals surface area contributed by atoms with Gasteiger partial charge in [-0.3, -0.25) is 0 Å². The number of hydrogen-bond donors (Lipinski definition) is 1. The Labute approximate surface area is 759 Å². The highest BCUT2D eigenvalue weighted by Gasteiger charge is 2.49. The largest absolute Gasteiger partial charge is 0.507 e. The van der Waals surface area contributed by atoms with Gasteiger partial charge in [-0.1, -0.05) is 241 Å². The number of phenolic OH excluding ortho intramolecular Hbond substituents is 1. The summed E-state index contributed by atoms with van der Waals surface area (Å²) in [5.74, 6) is 5.70. The molecular formula is C117H130O11. The van der Waals surface area contributed by atoms with E-state index < -0.39 is 5.60 Å². The number of aromatic hydroxyl groups is 1. The number of esters is 3. The van der Waals surface area contributed by atoms with Gasteiger partial charge >= 0.3 is 17.9 Å². The van der Waals surface area contributed by atoms with Crippen molar-refractivity contribution in [2.75, 3.05) is 0 Å². The number of ether oxygens (including phenoxy) is 7. The Hall–Kier alpha value is -11.7. The Morgan fingerprint density at radius 2 is 0.766 bits per heavy atom. The van der Waals surface area contributed by atoms with Crippen molar-refractivity contribution in [1.29, 1.82) is 0 Å². The zero-order chi connectivity index (χ0) is 90.3. The highest BCUT2D eigenvalue weighted by atomic mass is 16.6. The van der Waals surface area contributed by atoms with Crippen molar-refractivity contribution in [2.45, 2.75) is 273 Å². The third-order valence-corrected chi connectivity index (χ3v) is 27.1. The van der Waals surface area contributed by atoms with Gasteiger partial charge in [0.05, 0.1) is 27.8 Å². The van der Waals surface area contributed by atoms with Crippen LogP contribution in [0.15, 0.2) is 236 Å². The minimum atomic E-state index is -0.475. The zero-order valence-corrected chi connectivity index (χ0v) is 78.2. The summed E-state index contributed by atoms with van der Waals surface area (Å²) >= 11 is 0. The summed E-state index contributed by atoms with van der Waals surface area (Å²) in [5, 5.41) is 17.0. The third-order valence-electron chi connectivity index (χ3n) is 27.1. The Bertz CT molecular complexity index is 6160. The second-order valence-electron chi connectivity index (χ2n) is 38.8. The number of hydrogen-bond acceptors (Lipinski definition) is 11. The van der Waals surface area contributed by atoms with Gasteiger partial charge in [-0.25, -0.2) is 14.4 Å². The van der Waals surface area contributed by atoms with Gasteiger partial charge in [-0.2, -0.15) is 0 Å². The van der Waals surface area contributed by atoms with Crippen LogP contribution in [0.4, 0.5) is 0 Å². The van der Waals surface area contributed by atoms with Crippen LogP contribution in [0.3, 0.4) is 0 Å². The van der Waals surface area contributed by atoms with Gasteiger partial charge in [-0.05, 0) is 310 Å². The molecule has 4 heterocycles. The van der Waals surface area contributed by atoms with Gasteiger partial charge in [0.25, 0.3) is 0 Å². The van der Waals surface area contributed by atoms with E-state index in [9.17, 15) is 19.5 Å². The first-order valence-electron chi connectivity index (χ1n) is 47.3. The number of fused-ring (bicyclic) bond motifs is 15. The topological polar surface area (TPSA) is 136 Å². The maximum atomic E-state index is 13.4. The molecule has 4 aliphatic heterocycles. The predicted molar refractivity (Wildman–Crippen MR) is 523 cm³/mol. The summed E-state index contributed by atoms with van der Waals surface area (Å²) < 4.78 is 44.6. The quantitative estimate of drug-likeness (QED) is 0.0301. The number of rotatable bonds is 22. The van der Waals surface area contributed by atoms with Gasteiger partial charge in [0.2, 0.25) is 0 Å². The number of phenols is 1. The first-order valence-corrected chi connectivity index (χ1v) is 47.3. The molecule has 2 aliphatic carbocycles. The Kier molecular flexibility index (Phi) is 27.8. The zero-order valence-electron chi connectivity index (χ0n) is 78.2. The molecule has 11 nitrogen and oxygen atoms in total. The third kappa shape index (κ3) is 20.4. The summed E-state index contributed by atoms with van der Waals surface area (Å²) in [6, 6.07) is 70.9. The number of carbonyl (C=O) groups excluding carboxylic acids is 3. The molecule has 1 fully saturated rings. The fraction of sp³-hybridized carbons (Fsp3) is 0.376. The average molecular weight is 1710 g/mol. The van der Waals surface area contributed by atoms with Crippen molar-refractivity contribution in [2.24, 2.45) is 11.8 Å². The molecule has 0 spiro atoms. The van der Waals surface area contributed by atoms with Crippen LogP contribution < -0.4 is 33.2 Å². The van der Waals surface area contributed by atoms with E-state index in [1.165, 1.54) is 66.4 Å². The van der Waals surface area contributed by atoms with Crippen LogP contribution in [0.5, 0.6) is 46.0 Å². The van der Waals surface area contributed by atoms with Crippen molar-refractivity contribution in [1.82, 2.24) is 0 Å². The summed E-state index contributed by atoms with van der Waals surface area (Å²) in [6.45, 7) is 36.7. The molecule has 1 N–H and O–H groups in total. The lowest BCUT2D eigenvalue weighted by Crippen LogP contribution is -2.46. The van der Waals surface area contributed by atoms with Crippen LogP contribution in [-0.4, -0.2) is 34.2 Å². The number of allylic oxidation sites excluding steroid dienone is 3. The first-order chi connectivity index (χ1) is 61.5. The molecule has 1 saturated carbocycles. The van der Waals surface area contributed by atoms with Crippen molar-refractivity contribution in [3.63, 3.8) is 0 Å². The summed E-state index contributed by atoms with van der Waals surface area (Å²) in [6.07, 6.45) is 25.3. The molecule has 0 radical (unpaired) electrons. The molecule has 12 aromatic carbocycles. The summed E-state index contributed by atoms with van der Waals surface area (Å²) in [4.78, 5) is 40.1. The fourth-order valence-electron chi connectivity index (χ4n) is 20.3. The van der Waals surface area contributed by atoms with Gasteiger partial charge in [-0.15, -0.1) is 0 Å². The second-order valence-corrected chi connectivity index (χ2v) is 38.8.